The highest BCUT2D eigenvalue weighted by Crippen LogP contribution is 2.40. The summed E-state index contributed by atoms with van der Waals surface area (Å²) in [6.07, 6.45) is 12.7. The lowest BCUT2D eigenvalue weighted by Crippen LogP contribution is -2.44. The Morgan fingerprint density at radius 3 is 2.29 bits per heavy atom. The SMILES string of the molecule is CCCCC1(C(=O)O)CCCCCCCCCC1OCC. The normalized spacial score (nSPS) is 28.8. The van der Waals surface area contributed by atoms with Gasteiger partial charge in [0.2, 0.25) is 0 Å². The smallest absolute Gasteiger partial charge is 0.312 e. The molecule has 0 saturated heterocycles. The third-order valence-electron chi connectivity index (χ3n) is 4.98. The Balaban J connectivity index is 2.93. The first kappa shape index (κ1) is 18.5. The molecular formula is C18H34O3. The van der Waals surface area contributed by atoms with Crippen LogP contribution in [0.2, 0.25) is 0 Å². The van der Waals surface area contributed by atoms with Gasteiger partial charge in [-0.25, -0.2) is 0 Å². The second kappa shape index (κ2) is 10.2. The van der Waals surface area contributed by atoms with Gasteiger partial charge in [0.25, 0.3) is 0 Å². The van der Waals surface area contributed by atoms with Gasteiger partial charge in [0.05, 0.1) is 11.5 Å². The van der Waals surface area contributed by atoms with E-state index in [-0.39, 0.29) is 6.10 Å². The highest BCUT2D eigenvalue weighted by atomic mass is 16.5. The molecule has 2 atom stereocenters. The summed E-state index contributed by atoms with van der Waals surface area (Å²) < 4.78 is 5.95. The monoisotopic (exact) mass is 298 g/mol. The van der Waals surface area contributed by atoms with Gasteiger partial charge in [-0.15, -0.1) is 0 Å². The van der Waals surface area contributed by atoms with E-state index in [1.807, 2.05) is 6.92 Å². The molecule has 0 aromatic heterocycles. The van der Waals surface area contributed by atoms with Crippen molar-refractivity contribution in [3.05, 3.63) is 0 Å². The van der Waals surface area contributed by atoms with E-state index >= 15 is 0 Å². The van der Waals surface area contributed by atoms with Crippen LogP contribution in [0.4, 0.5) is 0 Å². The summed E-state index contributed by atoms with van der Waals surface area (Å²) >= 11 is 0. The van der Waals surface area contributed by atoms with Gasteiger partial charge in [0, 0.05) is 6.61 Å². The Morgan fingerprint density at radius 2 is 1.71 bits per heavy atom. The second-order valence-electron chi connectivity index (χ2n) is 6.52. The second-order valence-corrected chi connectivity index (χ2v) is 6.52. The molecule has 124 valence electrons. The number of hydrogen-bond donors (Lipinski definition) is 1. The molecule has 0 spiro atoms. The minimum absolute atomic E-state index is 0.107. The number of carbonyl (C=O) groups is 1. The largest absolute Gasteiger partial charge is 0.481 e. The summed E-state index contributed by atoms with van der Waals surface area (Å²) in [5, 5.41) is 9.98. The molecule has 0 aromatic rings. The van der Waals surface area contributed by atoms with Crippen LogP contribution in [0.15, 0.2) is 0 Å². The highest BCUT2D eigenvalue weighted by Gasteiger charge is 2.45. The van der Waals surface area contributed by atoms with Gasteiger partial charge in [-0.3, -0.25) is 4.79 Å². The molecule has 1 N–H and O–H groups in total. The standard InChI is InChI=1S/C18H34O3/c1-3-5-14-18(17(19)20)15-12-10-8-6-7-9-11-13-16(18)21-4-2/h16H,3-15H2,1-2H3,(H,19,20). The Kier molecular flexibility index (Phi) is 8.98. The number of carboxylic acids is 1. The van der Waals surface area contributed by atoms with Gasteiger partial charge in [-0.1, -0.05) is 64.7 Å². The summed E-state index contributed by atoms with van der Waals surface area (Å²) in [7, 11) is 0. The van der Waals surface area contributed by atoms with Crippen LogP contribution < -0.4 is 0 Å². The molecule has 1 fully saturated rings. The molecule has 3 nitrogen and oxygen atoms in total. The lowest BCUT2D eigenvalue weighted by molar-refractivity contribution is -0.163. The maximum absolute atomic E-state index is 12.1. The number of carboxylic acid groups (broad SMARTS) is 1. The summed E-state index contributed by atoms with van der Waals surface area (Å²) in [5.74, 6) is -0.631. The first-order valence-corrected chi connectivity index (χ1v) is 9.02. The van der Waals surface area contributed by atoms with Crippen molar-refractivity contribution in [2.24, 2.45) is 5.41 Å². The molecule has 0 heterocycles. The predicted octanol–water partition coefficient (Wildman–Crippen LogP) is 5.18. The lowest BCUT2D eigenvalue weighted by Gasteiger charge is -2.37. The van der Waals surface area contributed by atoms with E-state index in [0.717, 1.165) is 44.9 Å². The maximum atomic E-state index is 12.1. The van der Waals surface area contributed by atoms with Crippen molar-refractivity contribution in [1.29, 1.82) is 0 Å². The molecule has 0 amide bonds. The quantitative estimate of drug-likeness (QED) is 0.735. The van der Waals surface area contributed by atoms with Crippen LogP contribution in [0.3, 0.4) is 0 Å². The fraction of sp³-hybridized carbons (Fsp3) is 0.944. The molecule has 0 bridgehead atoms. The zero-order valence-corrected chi connectivity index (χ0v) is 14.0. The number of aliphatic carboxylic acids is 1. The van der Waals surface area contributed by atoms with E-state index in [9.17, 15) is 9.90 Å². The average Bonchev–Trinajstić information content (AvgIpc) is 2.51. The number of unbranched alkanes of at least 4 members (excludes halogenated alkanes) is 1. The topological polar surface area (TPSA) is 46.5 Å². The molecule has 1 saturated carbocycles. The van der Waals surface area contributed by atoms with E-state index in [4.69, 9.17) is 4.74 Å². The molecule has 3 heteroatoms. The minimum Gasteiger partial charge on any atom is -0.481 e. The number of ether oxygens (including phenoxy) is 1. The fourth-order valence-electron chi connectivity index (χ4n) is 3.67. The van der Waals surface area contributed by atoms with Crippen molar-refractivity contribution in [2.75, 3.05) is 6.61 Å². The zero-order valence-electron chi connectivity index (χ0n) is 14.0. The van der Waals surface area contributed by atoms with Crippen molar-refractivity contribution in [2.45, 2.75) is 97.0 Å². The maximum Gasteiger partial charge on any atom is 0.312 e. The van der Waals surface area contributed by atoms with Crippen molar-refractivity contribution in [3.63, 3.8) is 0 Å². The summed E-state index contributed by atoms with van der Waals surface area (Å²) in [6, 6.07) is 0. The van der Waals surface area contributed by atoms with E-state index < -0.39 is 11.4 Å². The average molecular weight is 298 g/mol. The number of hydrogen-bond acceptors (Lipinski definition) is 2. The van der Waals surface area contributed by atoms with Crippen LogP contribution in [-0.4, -0.2) is 23.8 Å². The van der Waals surface area contributed by atoms with Crippen LogP contribution in [0, 0.1) is 5.41 Å². The van der Waals surface area contributed by atoms with Crippen molar-refractivity contribution in [1.82, 2.24) is 0 Å². The molecule has 1 aliphatic carbocycles. The van der Waals surface area contributed by atoms with E-state index in [1.165, 1.54) is 32.1 Å². The first-order valence-electron chi connectivity index (χ1n) is 9.02. The Morgan fingerprint density at radius 1 is 1.10 bits per heavy atom. The van der Waals surface area contributed by atoms with Crippen LogP contribution in [0.25, 0.3) is 0 Å². The van der Waals surface area contributed by atoms with Gasteiger partial charge in [0.15, 0.2) is 0 Å². The van der Waals surface area contributed by atoms with Crippen molar-refractivity contribution in [3.8, 4) is 0 Å². The van der Waals surface area contributed by atoms with E-state index in [2.05, 4.69) is 6.92 Å². The molecule has 2 unspecified atom stereocenters. The van der Waals surface area contributed by atoms with Crippen LogP contribution >= 0.6 is 0 Å². The van der Waals surface area contributed by atoms with Crippen molar-refractivity contribution < 1.29 is 14.6 Å². The van der Waals surface area contributed by atoms with Crippen LogP contribution in [-0.2, 0) is 9.53 Å². The molecule has 0 radical (unpaired) electrons. The third-order valence-corrected chi connectivity index (χ3v) is 4.98. The third kappa shape index (κ3) is 5.61. The summed E-state index contributed by atoms with van der Waals surface area (Å²) in [5.41, 5.74) is -0.656. The van der Waals surface area contributed by atoms with Gasteiger partial charge >= 0.3 is 5.97 Å². The van der Waals surface area contributed by atoms with Gasteiger partial charge < -0.3 is 9.84 Å². The van der Waals surface area contributed by atoms with E-state index in [0.29, 0.717) is 6.61 Å². The van der Waals surface area contributed by atoms with E-state index in [1.54, 1.807) is 0 Å². The molecule has 0 aromatic carbocycles. The molecule has 1 rings (SSSR count). The van der Waals surface area contributed by atoms with Gasteiger partial charge in [0.1, 0.15) is 0 Å². The Bertz CT molecular complexity index is 290. The summed E-state index contributed by atoms with van der Waals surface area (Å²) in [6.45, 7) is 4.74. The first-order chi connectivity index (χ1) is 10.2. The summed E-state index contributed by atoms with van der Waals surface area (Å²) in [4.78, 5) is 12.1. The predicted molar refractivity (Wildman–Crippen MR) is 86.6 cm³/mol. The van der Waals surface area contributed by atoms with Crippen molar-refractivity contribution >= 4 is 5.97 Å². The molecule has 1 aliphatic rings. The Hall–Kier alpha value is -0.570. The lowest BCUT2D eigenvalue weighted by atomic mass is 9.72. The highest BCUT2D eigenvalue weighted by molar-refractivity contribution is 5.75. The number of rotatable bonds is 6. The van der Waals surface area contributed by atoms with Gasteiger partial charge in [-0.05, 0) is 26.2 Å². The zero-order chi connectivity index (χ0) is 15.6. The van der Waals surface area contributed by atoms with Gasteiger partial charge in [-0.2, -0.15) is 0 Å². The molecule has 21 heavy (non-hydrogen) atoms. The molecule has 0 aliphatic heterocycles. The molecular weight excluding hydrogens is 264 g/mol. The van der Waals surface area contributed by atoms with Crippen LogP contribution in [0.1, 0.15) is 90.9 Å². The van der Waals surface area contributed by atoms with Crippen LogP contribution in [0.5, 0.6) is 0 Å². The minimum atomic E-state index is -0.656. The fourth-order valence-corrected chi connectivity index (χ4v) is 3.67. The Labute approximate surface area is 130 Å².